The van der Waals surface area contributed by atoms with E-state index in [-0.39, 0.29) is 6.42 Å². The Balaban J connectivity index is 3.95. The van der Waals surface area contributed by atoms with Gasteiger partial charge in [0.05, 0.1) is 12.3 Å². The van der Waals surface area contributed by atoms with Crippen molar-refractivity contribution >= 4 is 11.9 Å². The Morgan fingerprint density at radius 2 is 2.00 bits per heavy atom. The van der Waals surface area contributed by atoms with E-state index in [0.29, 0.717) is 12.8 Å². The van der Waals surface area contributed by atoms with Gasteiger partial charge in [-0.1, -0.05) is 12.2 Å². The summed E-state index contributed by atoms with van der Waals surface area (Å²) in [5, 5.41) is 17.0. The lowest BCUT2D eigenvalue weighted by molar-refractivity contribution is -0.148. The third-order valence-corrected chi connectivity index (χ3v) is 1.69. The molecule has 74 valence electrons. The van der Waals surface area contributed by atoms with E-state index in [0.717, 1.165) is 0 Å². The molecule has 0 aliphatic rings. The van der Waals surface area contributed by atoms with Gasteiger partial charge in [-0.2, -0.15) is 0 Å². The molecule has 0 aromatic carbocycles. The molecule has 4 heteroatoms. The minimum absolute atomic E-state index is 0.299. The highest BCUT2D eigenvalue weighted by Gasteiger charge is 2.19. The van der Waals surface area contributed by atoms with Crippen LogP contribution in [-0.4, -0.2) is 22.2 Å². The molecule has 0 radical (unpaired) electrons. The summed E-state index contributed by atoms with van der Waals surface area (Å²) in [7, 11) is 0. The molecule has 13 heavy (non-hydrogen) atoms. The molecule has 2 N–H and O–H groups in total. The molecule has 1 unspecified atom stereocenters. The smallest absolute Gasteiger partial charge is 0.307 e. The Hall–Kier alpha value is -1.32. The molecular weight excluding hydrogens is 172 g/mol. The van der Waals surface area contributed by atoms with Crippen LogP contribution in [0.2, 0.25) is 0 Å². The fourth-order valence-corrected chi connectivity index (χ4v) is 0.988. The molecule has 0 aliphatic heterocycles. The van der Waals surface area contributed by atoms with Crippen LogP contribution in [0.4, 0.5) is 0 Å². The maximum Gasteiger partial charge on any atom is 0.307 e. The van der Waals surface area contributed by atoms with Crippen molar-refractivity contribution in [3.8, 4) is 0 Å². The molecule has 0 fully saturated rings. The van der Waals surface area contributed by atoms with Gasteiger partial charge in [0.1, 0.15) is 0 Å². The highest BCUT2D eigenvalue weighted by atomic mass is 16.4. The lowest BCUT2D eigenvalue weighted by Crippen LogP contribution is -2.17. The van der Waals surface area contributed by atoms with Crippen LogP contribution in [0, 0.1) is 5.92 Å². The van der Waals surface area contributed by atoms with Gasteiger partial charge in [0.2, 0.25) is 0 Å². The molecule has 0 amide bonds. The van der Waals surface area contributed by atoms with Crippen molar-refractivity contribution in [2.45, 2.75) is 26.2 Å². The number of carboxylic acid groups (broad SMARTS) is 2. The number of hydrogen-bond acceptors (Lipinski definition) is 2. The molecule has 0 bridgehead atoms. The van der Waals surface area contributed by atoms with Crippen LogP contribution < -0.4 is 0 Å². The standard InChI is InChI=1S/C9H14O4/c1-2-3-4-5-7(9(12)13)6-8(10)11/h2-3,7H,4-6H2,1H3,(H,10,11)(H,12,13). The first-order chi connectivity index (χ1) is 6.07. The Bertz CT molecular complexity index is 208. The summed E-state index contributed by atoms with van der Waals surface area (Å²) >= 11 is 0. The van der Waals surface area contributed by atoms with E-state index in [1.165, 1.54) is 0 Å². The molecule has 0 rings (SSSR count). The van der Waals surface area contributed by atoms with Gasteiger partial charge in [0.25, 0.3) is 0 Å². The van der Waals surface area contributed by atoms with Crippen molar-refractivity contribution in [2.24, 2.45) is 5.92 Å². The van der Waals surface area contributed by atoms with Crippen LogP contribution >= 0.6 is 0 Å². The van der Waals surface area contributed by atoms with Crippen LogP contribution in [0.5, 0.6) is 0 Å². The number of allylic oxidation sites excluding steroid dienone is 2. The summed E-state index contributed by atoms with van der Waals surface area (Å²) in [6.07, 6.45) is 4.34. The van der Waals surface area contributed by atoms with Gasteiger partial charge in [0, 0.05) is 0 Å². The lowest BCUT2D eigenvalue weighted by atomic mass is 10.00. The maximum atomic E-state index is 10.5. The van der Waals surface area contributed by atoms with E-state index in [4.69, 9.17) is 10.2 Å². The Kier molecular flexibility index (Phi) is 5.59. The Morgan fingerprint density at radius 1 is 1.38 bits per heavy atom. The van der Waals surface area contributed by atoms with Gasteiger partial charge >= 0.3 is 11.9 Å². The minimum Gasteiger partial charge on any atom is -0.481 e. The van der Waals surface area contributed by atoms with Crippen LogP contribution in [0.25, 0.3) is 0 Å². The average Bonchev–Trinajstić information content (AvgIpc) is 2.02. The summed E-state index contributed by atoms with van der Waals surface area (Å²) in [6.45, 7) is 1.84. The van der Waals surface area contributed by atoms with Gasteiger partial charge in [-0.05, 0) is 19.8 Å². The second-order valence-corrected chi connectivity index (χ2v) is 2.78. The first kappa shape index (κ1) is 11.7. The zero-order chi connectivity index (χ0) is 10.3. The molecule has 1 atom stereocenters. The fraction of sp³-hybridized carbons (Fsp3) is 0.556. The normalized spacial score (nSPS) is 13.0. The highest BCUT2D eigenvalue weighted by molar-refractivity contribution is 5.77. The van der Waals surface area contributed by atoms with Crippen LogP contribution in [0.15, 0.2) is 12.2 Å². The molecule has 4 nitrogen and oxygen atoms in total. The second-order valence-electron chi connectivity index (χ2n) is 2.78. The van der Waals surface area contributed by atoms with E-state index in [1.807, 2.05) is 19.1 Å². The van der Waals surface area contributed by atoms with Gasteiger partial charge in [-0.3, -0.25) is 9.59 Å². The third kappa shape index (κ3) is 5.90. The summed E-state index contributed by atoms with van der Waals surface area (Å²) in [5.41, 5.74) is 0. The largest absolute Gasteiger partial charge is 0.481 e. The predicted molar refractivity (Wildman–Crippen MR) is 47.4 cm³/mol. The van der Waals surface area contributed by atoms with Crippen LogP contribution in [0.3, 0.4) is 0 Å². The Labute approximate surface area is 76.9 Å². The second kappa shape index (κ2) is 6.22. The number of carboxylic acids is 2. The van der Waals surface area contributed by atoms with E-state index < -0.39 is 17.9 Å². The zero-order valence-electron chi connectivity index (χ0n) is 7.56. The molecule has 0 saturated heterocycles. The minimum atomic E-state index is -1.06. The quantitative estimate of drug-likeness (QED) is 0.616. The zero-order valence-corrected chi connectivity index (χ0v) is 7.56. The van der Waals surface area contributed by atoms with Crippen LogP contribution in [-0.2, 0) is 9.59 Å². The van der Waals surface area contributed by atoms with E-state index in [9.17, 15) is 9.59 Å². The number of rotatable bonds is 6. The number of carbonyl (C=O) groups is 2. The average molecular weight is 186 g/mol. The molecule has 0 aromatic rings. The lowest BCUT2D eigenvalue weighted by Gasteiger charge is -2.06. The monoisotopic (exact) mass is 186 g/mol. The van der Waals surface area contributed by atoms with Crippen molar-refractivity contribution in [1.29, 1.82) is 0 Å². The van der Waals surface area contributed by atoms with Crippen molar-refractivity contribution in [2.75, 3.05) is 0 Å². The topological polar surface area (TPSA) is 74.6 Å². The first-order valence-electron chi connectivity index (χ1n) is 4.13. The maximum absolute atomic E-state index is 10.5. The first-order valence-corrected chi connectivity index (χ1v) is 4.13. The van der Waals surface area contributed by atoms with E-state index >= 15 is 0 Å². The summed E-state index contributed by atoms with van der Waals surface area (Å²) in [4.78, 5) is 20.8. The van der Waals surface area contributed by atoms with E-state index in [2.05, 4.69) is 0 Å². The van der Waals surface area contributed by atoms with Crippen molar-refractivity contribution in [1.82, 2.24) is 0 Å². The molecule has 0 heterocycles. The molecular formula is C9H14O4. The van der Waals surface area contributed by atoms with Crippen molar-refractivity contribution in [3.63, 3.8) is 0 Å². The highest BCUT2D eigenvalue weighted by Crippen LogP contribution is 2.11. The molecule has 0 saturated carbocycles. The fourth-order valence-electron chi connectivity index (χ4n) is 0.988. The summed E-state index contributed by atoms with van der Waals surface area (Å²) < 4.78 is 0. The number of hydrogen-bond donors (Lipinski definition) is 2. The van der Waals surface area contributed by atoms with Gasteiger partial charge in [-0.15, -0.1) is 0 Å². The third-order valence-electron chi connectivity index (χ3n) is 1.69. The van der Waals surface area contributed by atoms with Crippen LogP contribution in [0.1, 0.15) is 26.2 Å². The summed E-state index contributed by atoms with van der Waals surface area (Å²) in [5.74, 6) is -2.87. The Morgan fingerprint density at radius 3 is 2.38 bits per heavy atom. The molecule has 0 spiro atoms. The van der Waals surface area contributed by atoms with Gasteiger partial charge in [0.15, 0.2) is 0 Å². The van der Waals surface area contributed by atoms with Gasteiger partial charge in [-0.25, -0.2) is 0 Å². The van der Waals surface area contributed by atoms with Crippen molar-refractivity contribution in [3.05, 3.63) is 12.2 Å². The van der Waals surface area contributed by atoms with Gasteiger partial charge < -0.3 is 10.2 Å². The summed E-state index contributed by atoms with van der Waals surface area (Å²) in [6, 6.07) is 0. The van der Waals surface area contributed by atoms with Crippen molar-refractivity contribution < 1.29 is 19.8 Å². The number of aliphatic carboxylic acids is 2. The SMILES string of the molecule is CC=CCCC(CC(=O)O)C(=O)O. The molecule has 0 aromatic heterocycles. The predicted octanol–water partition coefficient (Wildman–Crippen LogP) is 1.52. The van der Waals surface area contributed by atoms with E-state index in [1.54, 1.807) is 0 Å². The molecule has 0 aliphatic carbocycles.